The lowest BCUT2D eigenvalue weighted by atomic mass is 10.1. The highest BCUT2D eigenvalue weighted by molar-refractivity contribution is 7.78. The number of nitrogens with zero attached hydrogens (tertiary/aromatic N) is 1. The third-order valence-electron chi connectivity index (χ3n) is 5.27. The number of halogens is 12. The molecule has 0 spiro atoms. The van der Waals surface area contributed by atoms with Gasteiger partial charge in [-0.15, -0.1) is 0 Å². The molecule has 1 heterocycles. The summed E-state index contributed by atoms with van der Waals surface area (Å²) < 4.78 is 176. The summed E-state index contributed by atoms with van der Waals surface area (Å²) in [5.41, 5.74) is -8.63. The quantitative estimate of drug-likeness (QED) is 0.146. The Kier molecular flexibility index (Phi) is 7.34. The Labute approximate surface area is 205 Å². The van der Waals surface area contributed by atoms with Crippen molar-refractivity contribution in [3.8, 4) is 0 Å². The monoisotopic (exact) mass is 581 g/mol. The molecule has 0 atom stereocenters. The summed E-state index contributed by atoms with van der Waals surface area (Å²) in [7, 11) is -5.28. The van der Waals surface area contributed by atoms with E-state index in [2.05, 4.69) is 0 Å². The topological polar surface area (TPSA) is 44.0 Å². The Morgan fingerprint density at radius 2 is 0.947 bits per heavy atom. The summed E-state index contributed by atoms with van der Waals surface area (Å²) in [5.74, 6) is 0. The number of alkyl halides is 12. The highest BCUT2D eigenvalue weighted by Gasteiger charge is 2.43. The van der Waals surface area contributed by atoms with Gasteiger partial charge in [0, 0.05) is 22.7 Å². The van der Waals surface area contributed by atoms with Gasteiger partial charge in [-0.2, -0.15) is 57.4 Å². The van der Waals surface area contributed by atoms with E-state index in [0.29, 0.717) is 0 Å². The van der Waals surface area contributed by atoms with Gasteiger partial charge in [0.15, 0.2) is 13.3 Å². The molecule has 3 aromatic rings. The van der Waals surface area contributed by atoms with Gasteiger partial charge < -0.3 is 9.77 Å². The predicted octanol–water partition coefficient (Wildman–Crippen LogP) is 6.91. The SMILES string of the molecule is O=P(Cc1cccc[n+]1[O-])(c1cc(C(F)(F)F)cc(C(F)(F)F)c1)c1cc(C(F)(F)F)cc(C(F)(F)F)c1. The van der Waals surface area contributed by atoms with Crippen molar-refractivity contribution in [2.75, 3.05) is 0 Å². The molecule has 206 valence electrons. The zero-order chi connectivity index (χ0) is 28.9. The molecule has 0 aliphatic heterocycles. The fourth-order valence-electron chi connectivity index (χ4n) is 3.44. The largest absolute Gasteiger partial charge is 0.618 e. The van der Waals surface area contributed by atoms with E-state index in [9.17, 15) is 62.5 Å². The van der Waals surface area contributed by atoms with Crippen LogP contribution in [-0.2, 0) is 35.4 Å². The lowest BCUT2D eigenvalue weighted by Crippen LogP contribution is -2.33. The summed E-state index contributed by atoms with van der Waals surface area (Å²) in [6, 6.07) is 2.26. The van der Waals surface area contributed by atoms with Gasteiger partial charge >= 0.3 is 24.7 Å². The van der Waals surface area contributed by atoms with Crippen LogP contribution in [0, 0.1) is 5.21 Å². The van der Waals surface area contributed by atoms with Crippen LogP contribution in [0.3, 0.4) is 0 Å². The number of hydrogen-bond donors (Lipinski definition) is 0. The number of pyridine rings is 1. The summed E-state index contributed by atoms with van der Waals surface area (Å²) in [4.78, 5) is 0. The maximum absolute atomic E-state index is 14.2. The van der Waals surface area contributed by atoms with Crippen LogP contribution in [0.1, 0.15) is 27.9 Å². The first-order chi connectivity index (χ1) is 17.1. The van der Waals surface area contributed by atoms with E-state index in [-0.39, 0.29) is 41.1 Å². The second-order valence-electron chi connectivity index (χ2n) is 7.94. The molecule has 38 heavy (non-hydrogen) atoms. The highest BCUT2D eigenvalue weighted by Crippen LogP contribution is 2.50. The van der Waals surface area contributed by atoms with Crippen molar-refractivity contribution in [1.82, 2.24) is 0 Å². The fraction of sp³-hybridized carbons (Fsp3) is 0.227. The van der Waals surface area contributed by atoms with Gasteiger partial charge in [-0.05, 0) is 42.5 Å². The maximum atomic E-state index is 14.2. The van der Waals surface area contributed by atoms with Crippen molar-refractivity contribution in [2.24, 2.45) is 0 Å². The second-order valence-corrected chi connectivity index (χ2v) is 10.8. The average Bonchev–Trinajstić information content (AvgIpc) is 2.77. The van der Waals surface area contributed by atoms with Crippen LogP contribution in [0.4, 0.5) is 52.7 Å². The van der Waals surface area contributed by atoms with E-state index in [4.69, 9.17) is 0 Å². The van der Waals surface area contributed by atoms with Crippen molar-refractivity contribution in [3.63, 3.8) is 0 Å². The van der Waals surface area contributed by atoms with E-state index in [1.807, 2.05) is 0 Å². The van der Waals surface area contributed by atoms with E-state index in [1.54, 1.807) is 0 Å². The Bertz CT molecular complexity index is 1250. The van der Waals surface area contributed by atoms with Crippen molar-refractivity contribution in [1.29, 1.82) is 0 Å². The maximum Gasteiger partial charge on any atom is 0.416 e. The van der Waals surface area contributed by atoms with Gasteiger partial charge in [-0.1, -0.05) is 0 Å². The molecule has 0 N–H and O–H groups in total. The van der Waals surface area contributed by atoms with Crippen molar-refractivity contribution >= 4 is 17.8 Å². The van der Waals surface area contributed by atoms with Crippen LogP contribution in [0.15, 0.2) is 60.8 Å². The molecule has 0 amide bonds. The number of aromatic nitrogens is 1. The average molecular weight is 581 g/mol. The van der Waals surface area contributed by atoms with Crippen LogP contribution in [0.5, 0.6) is 0 Å². The van der Waals surface area contributed by atoms with Gasteiger partial charge in [-0.3, -0.25) is 0 Å². The van der Waals surface area contributed by atoms with E-state index in [1.165, 1.54) is 0 Å². The first-order valence-corrected chi connectivity index (χ1v) is 11.9. The van der Waals surface area contributed by atoms with Crippen molar-refractivity contribution in [3.05, 3.63) is 93.9 Å². The van der Waals surface area contributed by atoms with Crippen LogP contribution < -0.4 is 15.3 Å². The van der Waals surface area contributed by atoms with Crippen LogP contribution in [-0.4, -0.2) is 0 Å². The minimum atomic E-state index is -5.48. The number of rotatable bonds is 4. The molecule has 0 radical (unpaired) electrons. The number of benzene rings is 2. The molecular weight excluding hydrogens is 569 g/mol. The molecule has 0 fully saturated rings. The van der Waals surface area contributed by atoms with E-state index >= 15 is 0 Å². The molecule has 0 aliphatic carbocycles. The van der Waals surface area contributed by atoms with Gasteiger partial charge in [0.05, 0.1) is 28.4 Å². The van der Waals surface area contributed by atoms with Gasteiger partial charge in [0.2, 0.25) is 5.69 Å². The fourth-order valence-corrected chi connectivity index (χ4v) is 6.19. The van der Waals surface area contributed by atoms with Gasteiger partial charge in [0.1, 0.15) is 0 Å². The Morgan fingerprint density at radius 3 is 1.24 bits per heavy atom. The Morgan fingerprint density at radius 1 is 0.605 bits per heavy atom. The van der Waals surface area contributed by atoms with Crippen LogP contribution >= 0.6 is 7.14 Å². The smallest absolute Gasteiger partial charge is 0.416 e. The molecule has 0 saturated carbocycles. The highest BCUT2D eigenvalue weighted by atomic mass is 31.2. The summed E-state index contributed by atoms with van der Waals surface area (Å²) in [6.45, 7) is 0. The molecule has 3 nitrogen and oxygen atoms in total. The zero-order valence-corrected chi connectivity index (χ0v) is 19.1. The minimum Gasteiger partial charge on any atom is -0.618 e. The minimum absolute atomic E-state index is 0.0246. The molecule has 0 bridgehead atoms. The number of hydrogen-bond acceptors (Lipinski definition) is 2. The molecule has 3 rings (SSSR count). The molecule has 1 aromatic heterocycles. The first kappa shape index (κ1) is 29.3. The molecular formula is C22H12F12NO2P. The summed E-state index contributed by atoms with van der Waals surface area (Å²) in [6.07, 6.45) is -22.4. The van der Waals surface area contributed by atoms with Crippen molar-refractivity contribution in [2.45, 2.75) is 30.9 Å². The summed E-state index contributed by atoms with van der Waals surface area (Å²) in [5, 5.41) is 9.44. The van der Waals surface area contributed by atoms with Crippen LogP contribution in [0.25, 0.3) is 0 Å². The Balaban J connectivity index is 2.47. The lowest BCUT2D eigenvalue weighted by molar-refractivity contribution is -0.612. The second kappa shape index (κ2) is 9.51. The van der Waals surface area contributed by atoms with E-state index < -0.39 is 76.6 Å². The van der Waals surface area contributed by atoms with E-state index in [0.717, 1.165) is 24.4 Å². The Hall–Kier alpha value is -3.22. The summed E-state index contributed by atoms with van der Waals surface area (Å²) >= 11 is 0. The third-order valence-corrected chi connectivity index (χ3v) is 8.22. The normalized spacial score (nSPS) is 13.6. The van der Waals surface area contributed by atoms with Gasteiger partial charge in [-0.25, -0.2) is 0 Å². The molecule has 0 saturated heterocycles. The molecule has 0 aliphatic rings. The lowest BCUT2D eigenvalue weighted by Gasteiger charge is -2.23. The first-order valence-electron chi connectivity index (χ1n) is 9.98. The zero-order valence-electron chi connectivity index (χ0n) is 18.2. The predicted molar refractivity (Wildman–Crippen MR) is 109 cm³/mol. The van der Waals surface area contributed by atoms with Crippen LogP contribution in [0.2, 0.25) is 0 Å². The van der Waals surface area contributed by atoms with Gasteiger partial charge in [0.25, 0.3) is 0 Å². The third kappa shape index (κ3) is 6.25. The molecule has 2 aromatic carbocycles. The van der Waals surface area contributed by atoms with Crippen molar-refractivity contribution < 1.29 is 62.0 Å². The standard InChI is InChI=1S/C22H12F12NO2P/c23-19(24,25)12-5-13(20(26,27)28)8-17(7-12)38(37,11-16-3-1-2-4-35(16)36)18-9-14(21(29,30)31)6-15(10-18)22(32,33)34/h1-10H,11H2. The molecule has 16 heteroatoms. The molecule has 0 unspecified atom stereocenters.